The topological polar surface area (TPSA) is 82.7 Å². The number of benzene rings is 1. The van der Waals surface area contributed by atoms with Crippen molar-refractivity contribution in [2.75, 3.05) is 39.3 Å². The summed E-state index contributed by atoms with van der Waals surface area (Å²) in [5.74, 6) is 1.00. The standard InChI is InChI=1S/C32H47N7O2/c1-27(2)21-35-14-7-32(8-15-35)9-16-36(24-32)12-4-13-39-18-11-34-30(39)23-38(26-37-17-10-33-25-37)22-29-6-3-5-28(19-29)20-31(40)41/h3,5-6,10-11,17-19,25,27H,4,7-9,12-16,20-24,26H2,1-2H3,(H,40,41). The second-order valence-electron chi connectivity index (χ2n) is 12.7. The van der Waals surface area contributed by atoms with Gasteiger partial charge < -0.3 is 24.0 Å². The van der Waals surface area contributed by atoms with Gasteiger partial charge >= 0.3 is 5.97 Å². The highest BCUT2D eigenvalue weighted by Crippen LogP contribution is 2.40. The van der Waals surface area contributed by atoms with Gasteiger partial charge in [-0.05, 0) is 74.3 Å². The Bertz CT molecular complexity index is 1230. The third-order valence-corrected chi connectivity index (χ3v) is 8.77. The first-order valence-corrected chi connectivity index (χ1v) is 15.3. The number of aliphatic carboxylic acids is 1. The van der Waals surface area contributed by atoms with Crippen LogP contribution in [0.15, 0.2) is 55.4 Å². The lowest BCUT2D eigenvalue weighted by Gasteiger charge is -2.40. The average molecular weight is 562 g/mol. The van der Waals surface area contributed by atoms with Crippen molar-refractivity contribution in [2.24, 2.45) is 11.3 Å². The summed E-state index contributed by atoms with van der Waals surface area (Å²) in [7, 11) is 0. The molecule has 2 aliphatic heterocycles. The van der Waals surface area contributed by atoms with Crippen molar-refractivity contribution in [3.05, 3.63) is 72.3 Å². The minimum absolute atomic E-state index is 0.0362. The Kier molecular flexibility index (Phi) is 9.90. The van der Waals surface area contributed by atoms with E-state index >= 15 is 0 Å². The predicted octanol–water partition coefficient (Wildman–Crippen LogP) is 4.20. The molecule has 0 amide bonds. The molecule has 5 rings (SSSR count). The molecule has 2 saturated heterocycles. The first kappa shape index (κ1) is 29.5. The maximum Gasteiger partial charge on any atom is 0.307 e. The van der Waals surface area contributed by atoms with Gasteiger partial charge in [0.05, 0.1) is 26.0 Å². The minimum Gasteiger partial charge on any atom is -0.481 e. The van der Waals surface area contributed by atoms with Gasteiger partial charge in [0.1, 0.15) is 5.82 Å². The number of imidazole rings is 2. The Labute approximate surface area is 244 Å². The van der Waals surface area contributed by atoms with E-state index < -0.39 is 5.97 Å². The molecule has 0 unspecified atom stereocenters. The second-order valence-corrected chi connectivity index (χ2v) is 12.7. The molecule has 9 nitrogen and oxygen atoms in total. The molecule has 0 atom stereocenters. The molecule has 9 heteroatoms. The highest BCUT2D eigenvalue weighted by molar-refractivity contribution is 5.70. The molecule has 1 aromatic carbocycles. The molecule has 0 aliphatic carbocycles. The summed E-state index contributed by atoms with van der Waals surface area (Å²) in [6.07, 6.45) is 14.8. The number of carboxylic acids is 1. The molecule has 2 fully saturated rings. The maximum absolute atomic E-state index is 11.2. The van der Waals surface area contributed by atoms with Gasteiger partial charge in [-0.15, -0.1) is 0 Å². The zero-order chi connectivity index (χ0) is 28.7. The minimum atomic E-state index is -0.810. The number of aromatic nitrogens is 4. The highest BCUT2D eigenvalue weighted by Gasteiger charge is 2.40. The van der Waals surface area contributed by atoms with Gasteiger partial charge in [0.15, 0.2) is 0 Å². The summed E-state index contributed by atoms with van der Waals surface area (Å²) in [5.41, 5.74) is 2.47. The molecule has 2 aromatic heterocycles. The third-order valence-electron chi connectivity index (χ3n) is 8.77. The van der Waals surface area contributed by atoms with Gasteiger partial charge in [0.25, 0.3) is 0 Å². The smallest absolute Gasteiger partial charge is 0.307 e. The Hall–Kier alpha value is -3.01. The van der Waals surface area contributed by atoms with Crippen LogP contribution in [-0.4, -0.2) is 84.1 Å². The Morgan fingerprint density at radius 1 is 1.02 bits per heavy atom. The summed E-state index contributed by atoms with van der Waals surface area (Å²) < 4.78 is 4.36. The first-order chi connectivity index (χ1) is 19.9. The number of likely N-dealkylation sites (tertiary alicyclic amines) is 2. The van der Waals surface area contributed by atoms with Crippen molar-refractivity contribution < 1.29 is 9.90 Å². The fourth-order valence-corrected chi connectivity index (χ4v) is 6.74. The normalized spacial score (nSPS) is 17.8. The lowest BCUT2D eigenvalue weighted by molar-refractivity contribution is -0.136. The molecule has 222 valence electrons. The van der Waals surface area contributed by atoms with Gasteiger partial charge in [-0.2, -0.15) is 0 Å². The van der Waals surface area contributed by atoms with Gasteiger partial charge in [0.2, 0.25) is 0 Å². The Morgan fingerprint density at radius 2 is 1.80 bits per heavy atom. The van der Waals surface area contributed by atoms with Crippen molar-refractivity contribution in [3.63, 3.8) is 0 Å². The lowest BCUT2D eigenvalue weighted by atomic mass is 9.77. The van der Waals surface area contributed by atoms with E-state index in [0.29, 0.717) is 25.2 Å². The SMILES string of the molecule is CC(C)CN1CCC2(CC1)CCN(CCCn1ccnc1CN(Cc1cccc(CC(=O)O)c1)Cn1ccnc1)C2. The number of carboxylic acid groups (broad SMARTS) is 1. The van der Waals surface area contributed by atoms with Crippen LogP contribution in [-0.2, 0) is 37.5 Å². The van der Waals surface area contributed by atoms with Crippen molar-refractivity contribution in [1.29, 1.82) is 0 Å². The number of piperidine rings is 1. The predicted molar refractivity (Wildman–Crippen MR) is 160 cm³/mol. The van der Waals surface area contributed by atoms with Gasteiger partial charge in [-0.25, -0.2) is 9.97 Å². The zero-order valence-electron chi connectivity index (χ0n) is 24.9. The van der Waals surface area contributed by atoms with Crippen LogP contribution in [0, 0.1) is 11.3 Å². The van der Waals surface area contributed by atoms with Crippen LogP contribution < -0.4 is 0 Å². The molecule has 2 aliphatic rings. The summed E-state index contributed by atoms with van der Waals surface area (Å²) in [6, 6.07) is 7.89. The van der Waals surface area contributed by atoms with Gasteiger partial charge in [0, 0.05) is 51.0 Å². The van der Waals surface area contributed by atoms with E-state index in [9.17, 15) is 9.90 Å². The lowest BCUT2D eigenvalue weighted by Crippen LogP contribution is -2.42. The van der Waals surface area contributed by atoms with Crippen LogP contribution in [0.1, 0.15) is 56.5 Å². The van der Waals surface area contributed by atoms with Crippen LogP contribution in [0.5, 0.6) is 0 Å². The first-order valence-electron chi connectivity index (χ1n) is 15.3. The number of nitrogens with zero attached hydrogens (tertiary/aromatic N) is 7. The van der Waals surface area contributed by atoms with E-state index in [0.717, 1.165) is 42.4 Å². The molecule has 0 saturated carbocycles. The monoisotopic (exact) mass is 561 g/mol. The zero-order valence-corrected chi connectivity index (χ0v) is 24.9. The van der Waals surface area contributed by atoms with Crippen molar-refractivity contribution in [2.45, 2.75) is 72.3 Å². The van der Waals surface area contributed by atoms with E-state index in [1.807, 2.05) is 36.9 Å². The molecule has 41 heavy (non-hydrogen) atoms. The Morgan fingerprint density at radius 3 is 2.54 bits per heavy atom. The fraction of sp³-hybridized carbons (Fsp3) is 0.594. The molecule has 1 N–H and O–H groups in total. The maximum atomic E-state index is 11.2. The van der Waals surface area contributed by atoms with Crippen LogP contribution in [0.2, 0.25) is 0 Å². The van der Waals surface area contributed by atoms with Crippen molar-refractivity contribution in [1.82, 2.24) is 33.8 Å². The second kappa shape index (κ2) is 13.8. The largest absolute Gasteiger partial charge is 0.481 e. The Balaban J connectivity index is 1.14. The summed E-state index contributed by atoms with van der Waals surface area (Å²) in [4.78, 5) is 27.9. The number of aryl methyl sites for hydroxylation is 1. The number of hydrogen-bond donors (Lipinski definition) is 1. The van der Waals surface area contributed by atoms with E-state index in [1.54, 1.807) is 6.20 Å². The average Bonchev–Trinajstić information content (AvgIpc) is 3.68. The summed E-state index contributed by atoms with van der Waals surface area (Å²) in [5, 5.41) is 9.22. The molecule has 0 radical (unpaired) electrons. The molecule has 0 bridgehead atoms. The van der Waals surface area contributed by atoms with Crippen LogP contribution in [0.4, 0.5) is 0 Å². The number of hydrogen-bond acceptors (Lipinski definition) is 6. The molecular formula is C32H47N7O2. The molecule has 3 aromatic rings. The van der Waals surface area contributed by atoms with Crippen LogP contribution >= 0.6 is 0 Å². The van der Waals surface area contributed by atoms with Gasteiger partial charge in [-0.1, -0.05) is 38.1 Å². The highest BCUT2D eigenvalue weighted by atomic mass is 16.4. The van der Waals surface area contributed by atoms with Gasteiger partial charge in [-0.3, -0.25) is 9.69 Å². The summed E-state index contributed by atoms with van der Waals surface area (Å²) >= 11 is 0. The summed E-state index contributed by atoms with van der Waals surface area (Å²) in [6.45, 7) is 15.1. The van der Waals surface area contributed by atoms with Crippen molar-refractivity contribution >= 4 is 5.97 Å². The van der Waals surface area contributed by atoms with E-state index in [2.05, 4.69) is 54.9 Å². The quantitative estimate of drug-likeness (QED) is 0.316. The molecule has 4 heterocycles. The van der Waals surface area contributed by atoms with Crippen LogP contribution in [0.25, 0.3) is 0 Å². The van der Waals surface area contributed by atoms with Crippen molar-refractivity contribution in [3.8, 4) is 0 Å². The number of rotatable bonds is 14. The van der Waals surface area contributed by atoms with Crippen LogP contribution in [0.3, 0.4) is 0 Å². The molecular weight excluding hydrogens is 514 g/mol. The number of carbonyl (C=O) groups is 1. The van der Waals surface area contributed by atoms with E-state index in [4.69, 9.17) is 4.98 Å². The third kappa shape index (κ3) is 8.50. The fourth-order valence-electron chi connectivity index (χ4n) is 6.74. The van der Waals surface area contributed by atoms with E-state index in [-0.39, 0.29) is 6.42 Å². The molecule has 1 spiro atoms. The van der Waals surface area contributed by atoms with E-state index in [1.165, 1.54) is 52.0 Å².